The summed E-state index contributed by atoms with van der Waals surface area (Å²) in [5, 5.41) is 0. The van der Waals surface area contributed by atoms with E-state index in [1.165, 1.54) is 350 Å². The number of hydrogen-bond acceptors (Lipinski definition) is 0. The molecule has 0 unspecified atom stereocenters. The van der Waals surface area contributed by atoms with Crippen molar-refractivity contribution in [2.24, 2.45) is 0 Å². The van der Waals surface area contributed by atoms with Crippen molar-refractivity contribution in [3.8, 4) is 0 Å². The third-order valence-electron chi connectivity index (χ3n) is 18.4. The molecule has 0 amide bonds. The van der Waals surface area contributed by atoms with Crippen LogP contribution in [-0.2, 0) is 33.3 Å². The quantitative estimate of drug-likeness (QED) is 0.0273. The number of allylic oxidation sites excluding steroid dienone is 2. The maximum Gasteiger partial charge on any atom is 2.00 e. The van der Waals surface area contributed by atoms with Gasteiger partial charge in [-0.1, -0.05) is 380 Å². The monoisotopic (exact) mass is 1280 g/mol. The fourth-order valence-corrected chi connectivity index (χ4v) is 12.7. The molecule has 0 radical (unpaired) electrons. The van der Waals surface area contributed by atoms with E-state index >= 15 is 0 Å². The van der Waals surface area contributed by atoms with Crippen LogP contribution in [0, 0.1) is 13.8 Å². The normalized spacial score (nSPS) is 12.2. The predicted molar refractivity (Wildman–Crippen MR) is 386 cm³/mol. The van der Waals surface area contributed by atoms with Crippen LogP contribution in [0.3, 0.4) is 0 Å². The summed E-state index contributed by atoms with van der Waals surface area (Å²) >= 11 is 0. The van der Waals surface area contributed by atoms with Gasteiger partial charge in [0.1, 0.15) is 0 Å². The minimum Gasteiger partial charge on any atom is -0.493 e. The van der Waals surface area contributed by atoms with Crippen molar-refractivity contribution < 1.29 is 25.1 Å². The molecule has 1 heterocycles. The Hall–Kier alpha value is -1.82. The van der Waals surface area contributed by atoms with Crippen LogP contribution in [0.25, 0.3) is 16.9 Å². The molecule has 2 nitrogen and oxygen atoms in total. The Bertz CT molecular complexity index is 1700. The maximum absolute atomic E-state index is 11.9. The Morgan fingerprint density at radius 1 is 0.267 bits per heavy atom. The zero-order valence-electron chi connectivity index (χ0n) is 59.0. The number of aryl methyl sites for hydroxylation is 2. The van der Waals surface area contributed by atoms with Crippen LogP contribution in [0.2, 0.25) is 0 Å². The summed E-state index contributed by atoms with van der Waals surface area (Å²) in [6, 6.07) is 18.0. The molecule has 0 bridgehead atoms. The Morgan fingerprint density at radius 3 is 0.860 bits per heavy atom. The van der Waals surface area contributed by atoms with Gasteiger partial charge in [0.2, 0.25) is 11.4 Å². The van der Waals surface area contributed by atoms with Crippen LogP contribution in [0.15, 0.2) is 59.7 Å². The third-order valence-corrected chi connectivity index (χ3v) is 18.4. The Balaban J connectivity index is 0.00000134. The van der Waals surface area contributed by atoms with Gasteiger partial charge in [0.25, 0.3) is 0 Å². The maximum atomic E-state index is 11.9. The molecule has 1 aliphatic heterocycles. The first-order chi connectivity index (χ1) is 42.0. The van der Waals surface area contributed by atoms with E-state index in [1.807, 2.05) is 0 Å². The zero-order valence-corrected chi connectivity index (χ0v) is 60.5. The van der Waals surface area contributed by atoms with Gasteiger partial charge >= 0.3 is 20.4 Å². The molecule has 500 valence electrons. The first-order valence-corrected chi connectivity index (χ1v) is 38.7. The topological polar surface area (TPSA) is 25.3 Å². The first kappa shape index (κ1) is 84.2. The summed E-state index contributed by atoms with van der Waals surface area (Å²) in [5.74, 6) is 0. The number of rotatable bonds is 59. The molecule has 2 aromatic carbocycles. The second-order valence-electron chi connectivity index (χ2n) is 26.7. The Morgan fingerprint density at radius 2 is 0.523 bits per heavy atom. The van der Waals surface area contributed by atoms with Crippen LogP contribution in [0.1, 0.15) is 430 Å². The van der Waals surface area contributed by atoms with Crippen molar-refractivity contribution in [1.29, 1.82) is 0 Å². The van der Waals surface area contributed by atoms with Gasteiger partial charge in [0.15, 0.2) is 0 Å². The van der Waals surface area contributed by atoms with E-state index in [-0.39, 0.29) is 20.4 Å². The summed E-state index contributed by atoms with van der Waals surface area (Å²) < 4.78 is 1.56. The fourth-order valence-electron chi connectivity index (χ4n) is 12.7. The van der Waals surface area contributed by atoms with Crippen molar-refractivity contribution in [2.45, 2.75) is 420 Å². The molecule has 3 heteroatoms. The summed E-state index contributed by atoms with van der Waals surface area (Å²) in [6.45, 7) is 21.5. The van der Waals surface area contributed by atoms with Crippen molar-refractivity contribution >= 4 is 11.4 Å². The SMILES string of the molecule is CCCCCCCCC1=C(c2ccc(CCCC)cc2)[N+](=[N-])C(c2cccc(CCCCC)c2)=C1CCCC.[CH2-]CCCCCCCCCCCCCCCCCCCCCC.[CH2-]CCCCCCCCCCCCCCCCCCCCCC.[Pd+2]. The predicted octanol–water partition coefficient (Wildman–Crippen LogP) is 29.9. The molecular weight excluding hydrogens is 1130 g/mol. The molecule has 86 heavy (non-hydrogen) atoms. The second-order valence-corrected chi connectivity index (χ2v) is 26.7. The largest absolute Gasteiger partial charge is 2.00 e. The van der Waals surface area contributed by atoms with E-state index < -0.39 is 0 Å². The smallest absolute Gasteiger partial charge is 0.493 e. The number of hydrogen-bond donors (Lipinski definition) is 0. The Kier molecular flexibility index (Phi) is 64.7. The van der Waals surface area contributed by atoms with E-state index in [0.29, 0.717) is 0 Å². The number of nitrogens with zero attached hydrogens (tertiary/aromatic N) is 2. The van der Waals surface area contributed by atoms with Gasteiger partial charge in [0, 0.05) is 22.3 Å². The van der Waals surface area contributed by atoms with E-state index in [0.717, 1.165) is 73.9 Å². The molecule has 0 N–H and O–H groups in total. The van der Waals surface area contributed by atoms with Gasteiger partial charge < -0.3 is 19.4 Å². The van der Waals surface area contributed by atoms with Gasteiger partial charge in [-0.05, 0) is 86.8 Å². The molecule has 0 spiro atoms. The van der Waals surface area contributed by atoms with Gasteiger partial charge in [-0.2, -0.15) is 12.8 Å². The molecule has 0 saturated heterocycles. The molecule has 3 rings (SSSR count). The van der Waals surface area contributed by atoms with Crippen LogP contribution in [-0.4, -0.2) is 4.70 Å². The van der Waals surface area contributed by atoms with Gasteiger partial charge in [-0.15, -0.1) is 0 Å². The standard InChI is InChI=1S/C37H54N2.2C23H47.Pd/c1-5-9-13-14-15-17-24-35-34(23-12-8-4)37(33-22-18-21-31(29-33)20-16-10-6-2)39(38)36(35)32-27-25-30(26-28-32)19-11-7-3;2*1-3-5-7-9-11-13-15-17-19-21-23-22-20-18-16-14-12-10-8-6-4-2;/h18,21-22,25-29H,5-17,19-20,23-24H2,1-4H3;2*1,3-23H2,2H3;/q;2*-1;+2. The molecule has 2 aromatic rings. The number of benzene rings is 2. The van der Waals surface area contributed by atoms with E-state index in [1.54, 1.807) is 4.70 Å². The van der Waals surface area contributed by atoms with Crippen LogP contribution in [0.5, 0.6) is 0 Å². The summed E-state index contributed by atoms with van der Waals surface area (Å²) in [4.78, 5) is 0. The molecular formula is C83H148N2Pd. The third kappa shape index (κ3) is 47.1. The van der Waals surface area contributed by atoms with Crippen LogP contribution >= 0.6 is 0 Å². The van der Waals surface area contributed by atoms with Crippen LogP contribution in [0.4, 0.5) is 0 Å². The average molecular weight is 1280 g/mol. The first-order valence-electron chi connectivity index (χ1n) is 38.7. The fraction of sp³-hybridized carbons (Fsp3) is 0.783. The minimum absolute atomic E-state index is 0. The van der Waals surface area contributed by atoms with Crippen LogP contribution < -0.4 is 0 Å². The van der Waals surface area contributed by atoms with Crippen molar-refractivity contribution in [1.82, 2.24) is 0 Å². The summed E-state index contributed by atoms with van der Waals surface area (Å²) in [7, 11) is 0. The number of unbranched alkanes of at least 4 members (excludes halogenated alkanes) is 49. The second kappa shape index (κ2) is 66.1. The molecule has 0 saturated carbocycles. The van der Waals surface area contributed by atoms with Gasteiger partial charge in [0.05, 0.1) is 0 Å². The summed E-state index contributed by atoms with van der Waals surface area (Å²) in [6.07, 6.45) is 81.1. The zero-order chi connectivity index (χ0) is 61.6. The molecule has 1 aliphatic rings. The molecule has 0 fully saturated rings. The van der Waals surface area contributed by atoms with E-state index in [9.17, 15) is 5.53 Å². The van der Waals surface area contributed by atoms with E-state index in [4.69, 9.17) is 0 Å². The Labute approximate surface area is 554 Å². The summed E-state index contributed by atoms with van der Waals surface area (Å²) in [5.41, 5.74) is 21.7. The molecule has 0 aliphatic carbocycles. The average Bonchev–Trinajstić information content (AvgIpc) is 1.71. The van der Waals surface area contributed by atoms with Crippen molar-refractivity contribution in [3.05, 3.63) is 101 Å². The van der Waals surface area contributed by atoms with Gasteiger partial charge in [-0.3, -0.25) is 0 Å². The minimum atomic E-state index is 0. The van der Waals surface area contributed by atoms with Gasteiger partial charge in [-0.25, -0.2) is 4.70 Å². The molecule has 0 aromatic heterocycles. The molecule has 0 atom stereocenters. The van der Waals surface area contributed by atoms with Crippen molar-refractivity contribution in [2.75, 3.05) is 0 Å². The van der Waals surface area contributed by atoms with E-state index in [2.05, 4.69) is 104 Å². The van der Waals surface area contributed by atoms with Crippen molar-refractivity contribution in [3.63, 3.8) is 0 Å².